The minimum Gasteiger partial charge on any atom is -0.476 e. The van der Waals surface area contributed by atoms with E-state index in [-0.39, 0.29) is 0 Å². The van der Waals surface area contributed by atoms with Gasteiger partial charge in [-0.05, 0) is 6.07 Å². The first-order valence-corrected chi connectivity index (χ1v) is 5.67. The zero-order valence-corrected chi connectivity index (χ0v) is 9.63. The van der Waals surface area contributed by atoms with Crippen LogP contribution < -0.4 is 4.74 Å². The van der Waals surface area contributed by atoms with Crippen molar-refractivity contribution in [2.45, 2.75) is 0 Å². The summed E-state index contributed by atoms with van der Waals surface area (Å²) in [6.07, 6.45) is 1.52. The molecular formula is C12H15N3O2. The summed E-state index contributed by atoms with van der Waals surface area (Å²) in [5.41, 5.74) is 0.547. The van der Waals surface area contributed by atoms with Gasteiger partial charge in [-0.2, -0.15) is 5.26 Å². The Hall–Kier alpha value is -1.64. The zero-order valence-electron chi connectivity index (χ0n) is 9.63. The van der Waals surface area contributed by atoms with E-state index in [0.29, 0.717) is 18.1 Å². The Labute approximate surface area is 101 Å². The van der Waals surface area contributed by atoms with Crippen LogP contribution in [-0.2, 0) is 4.74 Å². The van der Waals surface area contributed by atoms with E-state index in [0.717, 1.165) is 32.8 Å². The highest BCUT2D eigenvalue weighted by Gasteiger charge is 2.09. The Morgan fingerprint density at radius 2 is 2.24 bits per heavy atom. The van der Waals surface area contributed by atoms with Crippen LogP contribution >= 0.6 is 0 Å². The smallest absolute Gasteiger partial charge is 0.213 e. The first kappa shape index (κ1) is 11.8. The molecule has 17 heavy (non-hydrogen) atoms. The third-order valence-corrected chi connectivity index (χ3v) is 2.63. The van der Waals surface area contributed by atoms with Gasteiger partial charge in [-0.1, -0.05) is 0 Å². The SMILES string of the molecule is N#Cc1ccc(OCCN2CCOCC2)nc1. The van der Waals surface area contributed by atoms with E-state index in [1.807, 2.05) is 6.07 Å². The lowest BCUT2D eigenvalue weighted by molar-refractivity contribution is 0.0320. The highest BCUT2D eigenvalue weighted by atomic mass is 16.5. The van der Waals surface area contributed by atoms with Gasteiger partial charge in [0.1, 0.15) is 12.7 Å². The number of rotatable bonds is 4. The predicted molar refractivity (Wildman–Crippen MR) is 61.7 cm³/mol. The van der Waals surface area contributed by atoms with Gasteiger partial charge in [0.05, 0.1) is 18.8 Å². The largest absolute Gasteiger partial charge is 0.476 e. The van der Waals surface area contributed by atoms with Gasteiger partial charge < -0.3 is 9.47 Å². The van der Waals surface area contributed by atoms with Crippen LogP contribution in [0.15, 0.2) is 18.3 Å². The molecule has 2 heterocycles. The molecule has 1 fully saturated rings. The van der Waals surface area contributed by atoms with Crippen LogP contribution in [0.2, 0.25) is 0 Å². The Kier molecular flexibility index (Phi) is 4.30. The quantitative estimate of drug-likeness (QED) is 0.764. The molecule has 1 saturated heterocycles. The van der Waals surface area contributed by atoms with Crippen molar-refractivity contribution in [2.75, 3.05) is 39.5 Å². The fraction of sp³-hybridized carbons (Fsp3) is 0.500. The van der Waals surface area contributed by atoms with Crippen molar-refractivity contribution in [1.29, 1.82) is 5.26 Å². The topological polar surface area (TPSA) is 58.4 Å². The molecule has 0 aromatic carbocycles. The fourth-order valence-corrected chi connectivity index (χ4v) is 1.64. The average molecular weight is 233 g/mol. The summed E-state index contributed by atoms with van der Waals surface area (Å²) in [7, 11) is 0. The molecule has 5 heteroatoms. The van der Waals surface area contributed by atoms with E-state index in [2.05, 4.69) is 9.88 Å². The lowest BCUT2D eigenvalue weighted by Crippen LogP contribution is -2.38. The van der Waals surface area contributed by atoms with Crippen LogP contribution in [-0.4, -0.2) is 49.3 Å². The molecule has 1 aliphatic rings. The summed E-state index contributed by atoms with van der Waals surface area (Å²) < 4.78 is 10.8. The number of pyridine rings is 1. The average Bonchev–Trinajstić information content (AvgIpc) is 2.41. The second kappa shape index (κ2) is 6.18. The highest BCUT2D eigenvalue weighted by molar-refractivity contribution is 5.28. The number of hydrogen-bond acceptors (Lipinski definition) is 5. The number of morpholine rings is 1. The van der Waals surface area contributed by atoms with Gasteiger partial charge >= 0.3 is 0 Å². The first-order valence-electron chi connectivity index (χ1n) is 5.67. The molecule has 0 aliphatic carbocycles. The minimum absolute atomic E-state index is 0.547. The molecule has 0 amide bonds. The molecule has 0 radical (unpaired) electrons. The van der Waals surface area contributed by atoms with Crippen molar-refractivity contribution < 1.29 is 9.47 Å². The van der Waals surface area contributed by atoms with Gasteiger partial charge in [-0.3, -0.25) is 4.90 Å². The summed E-state index contributed by atoms with van der Waals surface area (Å²) >= 11 is 0. The molecule has 0 N–H and O–H groups in total. The maximum atomic E-state index is 8.63. The molecule has 90 valence electrons. The molecule has 0 atom stereocenters. The van der Waals surface area contributed by atoms with Crippen molar-refractivity contribution in [3.8, 4) is 11.9 Å². The molecule has 0 spiro atoms. The highest BCUT2D eigenvalue weighted by Crippen LogP contribution is 2.06. The normalized spacial score (nSPS) is 16.4. The molecule has 0 unspecified atom stereocenters. The van der Waals surface area contributed by atoms with Gasteiger partial charge in [-0.15, -0.1) is 0 Å². The van der Waals surface area contributed by atoms with E-state index in [9.17, 15) is 0 Å². The van der Waals surface area contributed by atoms with Crippen LogP contribution in [0.3, 0.4) is 0 Å². The summed E-state index contributed by atoms with van der Waals surface area (Å²) in [6, 6.07) is 5.45. The number of aromatic nitrogens is 1. The second-order valence-corrected chi connectivity index (χ2v) is 3.80. The Morgan fingerprint density at radius 1 is 1.41 bits per heavy atom. The molecule has 1 aliphatic heterocycles. The molecule has 1 aromatic heterocycles. The van der Waals surface area contributed by atoms with Crippen LogP contribution in [0.25, 0.3) is 0 Å². The van der Waals surface area contributed by atoms with E-state index in [1.165, 1.54) is 6.20 Å². The number of nitrogens with zero attached hydrogens (tertiary/aromatic N) is 3. The number of nitriles is 1. The lowest BCUT2D eigenvalue weighted by Gasteiger charge is -2.26. The van der Waals surface area contributed by atoms with Gasteiger partial charge in [-0.25, -0.2) is 4.98 Å². The van der Waals surface area contributed by atoms with Crippen LogP contribution in [0.5, 0.6) is 5.88 Å². The predicted octanol–water partition coefficient (Wildman–Crippen LogP) is 0.664. The lowest BCUT2D eigenvalue weighted by atomic mass is 10.3. The van der Waals surface area contributed by atoms with Gasteiger partial charge in [0.25, 0.3) is 0 Å². The van der Waals surface area contributed by atoms with Crippen LogP contribution in [0.1, 0.15) is 5.56 Å². The molecular weight excluding hydrogens is 218 g/mol. The van der Waals surface area contributed by atoms with Gasteiger partial charge in [0, 0.05) is 31.9 Å². The minimum atomic E-state index is 0.547. The van der Waals surface area contributed by atoms with E-state index in [1.54, 1.807) is 12.1 Å². The third-order valence-electron chi connectivity index (χ3n) is 2.63. The maximum Gasteiger partial charge on any atom is 0.213 e. The fourth-order valence-electron chi connectivity index (χ4n) is 1.64. The maximum absolute atomic E-state index is 8.63. The molecule has 0 saturated carbocycles. The van der Waals surface area contributed by atoms with Crippen LogP contribution in [0.4, 0.5) is 0 Å². The van der Waals surface area contributed by atoms with E-state index in [4.69, 9.17) is 14.7 Å². The Morgan fingerprint density at radius 3 is 2.88 bits per heavy atom. The van der Waals surface area contributed by atoms with Crippen molar-refractivity contribution in [3.63, 3.8) is 0 Å². The summed E-state index contributed by atoms with van der Waals surface area (Å²) in [6.45, 7) is 5.02. The van der Waals surface area contributed by atoms with E-state index < -0.39 is 0 Å². The van der Waals surface area contributed by atoms with E-state index >= 15 is 0 Å². The third kappa shape index (κ3) is 3.70. The van der Waals surface area contributed by atoms with Crippen molar-refractivity contribution >= 4 is 0 Å². The Balaban J connectivity index is 1.72. The van der Waals surface area contributed by atoms with Crippen molar-refractivity contribution in [1.82, 2.24) is 9.88 Å². The van der Waals surface area contributed by atoms with Crippen molar-refractivity contribution in [2.24, 2.45) is 0 Å². The number of ether oxygens (including phenoxy) is 2. The number of hydrogen-bond donors (Lipinski definition) is 0. The molecule has 5 nitrogen and oxygen atoms in total. The van der Waals surface area contributed by atoms with Crippen molar-refractivity contribution in [3.05, 3.63) is 23.9 Å². The van der Waals surface area contributed by atoms with Gasteiger partial charge in [0.15, 0.2) is 0 Å². The molecule has 1 aromatic rings. The summed E-state index contributed by atoms with van der Waals surface area (Å²) in [5, 5.41) is 8.63. The molecule has 2 rings (SSSR count). The summed E-state index contributed by atoms with van der Waals surface area (Å²) in [5.74, 6) is 0.567. The second-order valence-electron chi connectivity index (χ2n) is 3.80. The standard InChI is InChI=1S/C12H15N3O2/c13-9-11-1-2-12(14-10-11)17-8-5-15-3-6-16-7-4-15/h1-2,10H,3-8H2. The monoisotopic (exact) mass is 233 g/mol. The zero-order chi connectivity index (χ0) is 11.9. The molecule has 0 bridgehead atoms. The Bertz CT molecular complexity index is 380. The first-order chi connectivity index (χ1) is 8.38. The summed E-state index contributed by atoms with van der Waals surface area (Å²) in [4.78, 5) is 6.34. The van der Waals surface area contributed by atoms with Gasteiger partial charge in [0.2, 0.25) is 5.88 Å². The van der Waals surface area contributed by atoms with Crippen LogP contribution in [0, 0.1) is 11.3 Å².